The Hall–Kier alpha value is -2.47. The standard InChI is InChI=1S/C24H33NO4Si/c1-14-10-16-17-11-15(2)20(29-30(8,9)23(3,4)5)13-21(17)28-24(6,7)18(16)12-19(14)25-22(26)27/h10-13,25H,1-9H3,(H,26,27). The van der Waals surface area contributed by atoms with E-state index in [4.69, 9.17) is 14.3 Å². The summed E-state index contributed by atoms with van der Waals surface area (Å²) in [4.78, 5) is 11.2. The van der Waals surface area contributed by atoms with Gasteiger partial charge in [-0.25, -0.2) is 4.79 Å². The Morgan fingerprint density at radius 1 is 1.07 bits per heavy atom. The lowest BCUT2D eigenvalue weighted by Crippen LogP contribution is -2.44. The van der Waals surface area contributed by atoms with Gasteiger partial charge in [-0.15, -0.1) is 0 Å². The van der Waals surface area contributed by atoms with Gasteiger partial charge in [0.25, 0.3) is 0 Å². The van der Waals surface area contributed by atoms with Gasteiger partial charge in [0.1, 0.15) is 17.1 Å². The summed E-state index contributed by atoms with van der Waals surface area (Å²) in [5.74, 6) is 1.67. The van der Waals surface area contributed by atoms with Gasteiger partial charge in [0.05, 0.1) is 0 Å². The van der Waals surface area contributed by atoms with E-state index in [0.29, 0.717) is 5.69 Å². The monoisotopic (exact) mass is 427 g/mol. The van der Waals surface area contributed by atoms with E-state index in [1.165, 1.54) is 0 Å². The summed E-state index contributed by atoms with van der Waals surface area (Å²) in [6.45, 7) is 19.2. The van der Waals surface area contributed by atoms with E-state index in [1.807, 2.05) is 39.0 Å². The van der Waals surface area contributed by atoms with Crippen LogP contribution in [0.2, 0.25) is 18.1 Å². The number of hydrogen-bond acceptors (Lipinski definition) is 3. The molecule has 2 aromatic carbocycles. The molecule has 1 aliphatic rings. The third kappa shape index (κ3) is 3.93. The van der Waals surface area contributed by atoms with E-state index in [1.54, 1.807) is 0 Å². The molecule has 0 atom stereocenters. The molecular weight excluding hydrogens is 394 g/mol. The highest BCUT2D eigenvalue weighted by atomic mass is 28.4. The van der Waals surface area contributed by atoms with Gasteiger partial charge in [-0.05, 0) is 80.7 Å². The van der Waals surface area contributed by atoms with Crippen LogP contribution in [0.1, 0.15) is 51.3 Å². The topological polar surface area (TPSA) is 67.8 Å². The molecule has 0 aromatic heterocycles. The van der Waals surface area contributed by atoms with Crippen LogP contribution in [0.15, 0.2) is 24.3 Å². The van der Waals surface area contributed by atoms with Gasteiger partial charge in [0, 0.05) is 22.9 Å². The average molecular weight is 428 g/mol. The molecule has 0 fully saturated rings. The highest BCUT2D eigenvalue weighted by Gasteiger charge is 2.40. The zero-order chi connectivity index (χ0) is 22.6. The van der Waals surface area contributed by atoms with Crippen molar-refractivity contribution in [3.63, 3.8) is 0 Å². The van der Waals surface area contributed by atoms with Crippen molar-refractivity contribution in [2.24, 2.45) is 0 Å². The molecule has 0 unspecified atom stereocenters. The number of fused-ring (bicyclic) bond motifs is 3. The molecule has 1 aliphatic heterocycles. The maximum Gasteiger partial charge on any atom is 0.409 e. The van der Waals surface area contributed by atoms with Gasteiger partial charge in [-0.3, -0.25) is 5.32 Å². The summed E-state index contributed by atoms with van der Waals surface area (Å²) < 4.78 is 13.0. The van der Waals surface area contributed by atoms with E-state index in [-0.39, 0.29) is 5.04 Å². The Balaban J connectivity index is 2.13. The number of ether oxygens (including phenoxy) is 1. The number of carbonyl (C=O) groups is 1. The maximum absolute atomic E-state index is 11.2. The highest BCUT2D eigenvalue weighted by Crippen LogP contribution is 2.49. The largest absolute Gasteiger partial charge is 0.543 e. The predicted molar refractivity (Wildman–Crippen MR) is 124 cm³/mol. The molecule has 3 rings (SSSR count). The van der Waals surface area contributed by atoms with Gasteiger partial charge in [-0.2, -0.15) is 0 Å². The average Bonchev–Trinajstić information content (AvgIpc) is 2.56. The van der Waals surface area contributed by atoms with Crippen LogP contribution in [0, 0.1) is 13.8 Å². The second kappa shape index (κ2) is 7.05. The minimum absolute atomic E-state index is 0.104. The molecule has 5 nitrogen and oxygen atoms in total. The van der Waals surface area contributed by atoms with Gasteiger partial charge < -0.3 is 14.3 Å². The molecule has 2 aromatic rings. The number of carboxylic acid groups (broad SMARTS) is 1. The number of benzene rings is 2. The van der Waals surface area contributed by atoms with Crippen molar-refractivity contribution in [2.45, 2.75) is 72.2 Å². The van der Waals surface area contributed by atoms with Crippen molar-refractivity contribution in [3.8, 4) is 22.6 Å². The normalized spacial score (nSPS) is 15.0. The number of amides is 1. The van der Waals surface area contributed by atoms with Crippen LogP contribution in [0.5, 0.6) is 11.5 Å². The number of aryl methyl sites for hydroxylation is 2. The Morgan fingerprint density at radius 3 is 2.23 bits per heavy atom. The van der Waals surface area contributed by atoms with Crippen molar-refractivity contribution >= 4 is 20.1 Å². The molecule has 30 heavy (non-hydrogen) atoms. The molecule has 2 N–H and O–H groups in total. The van der Waals surface area contributed by atoms with Gasteiger partial charge in [-0.1, -0.05) is 20.8 Å². The minimum Gasteiger partial charge on any atom is -0.543 e. The van der Waals surface area contributed by atoms with Crippen LogP contribution in [-0.2, 0) is 5.60 Å². The van der Waals surface area contributed by atoms with Crippen molar-refractivity contribution in [3.05, 3.63) is 41.0 Å². The third-order valence-electron chi connectivity index (χ3n) is 6.36. The van der Waals surface area contributed by atoms with Crippen LogP contribution >= 0.6 is 0 Å². The van der Waals surface area contributed by atoms with Gasteiger partial charge in [0.15, 0.2) is 0 Å². The maximum atomic E-state index is 11.2. The second-order valence-corrected chi connectivity index (χ2v) is 15.0. The lowest BCUT2D eigenvalue weighted by atomic mass is 9.84. The summed E-state index contributed by atoms with van der Waals surface area (Å²) in [7, 11) is -1.98. The molecule has 1 heterocycles. The summed E-state index contributed by atoms with van der Waals surface area (Å²) in [6, 6.07) is 8.07. The van der Waals surface area contributed by atoms with Gasteiger partial charge in [0.2, 0.25) is 8.32 Å². The first-order valence-corrected chi connectivity index (χ1v) is 13.2. The zero-order valence-electron chi connectivity index (χ0n) is 19.5. The minimum atomic E-state index is -1.98. The molecule has 0 spiro atoms. The van der Waals surface area contributed by atoms with Crippen molar-refractivity contribution in [1.29, 1.82) is 0 Å². The molecule has 0 bridgehead atoms. The Labute approximate surface area is 180 Å². The smallest absolute Gasteiger partial charge is 0.409 e. The van der Waals surface area contributed by atoms with Crippen molar-refractivity contribution < 1.29 is 19.1 Å². The van der Waals surface area contributed by atoms with Crippen LogP contribution in [0.4, 0.5) is 10.5 Å². The molecule has 0 radical (unpaired) electrons. The Morgan fingerprint density at radius 2 is 1.67 bits per heavy atom. The fourth-order valence-corrected chi connectivity index (χ4v) is 4.59. The summed E-state index contributed by atoms with van der Waals surface area (Å²) in [5, 5.41) is 11.7. The SMILES string of the molecule is Cc1cc2c(cc1NC(=O)O)C(C)(C)Oc1cc(O[Si](C)(C)C(C)(C)C)c(C)cc1-2. The molecular formula is C24H33NO4Si. The Kier molecular flexibility index (Phi) is 5.22. The van der Waals surface area contributed by atoms with Gasteiger partial charge >= 0.3 is 6.09 Å². The molecule has 162 valence electrons. The molecule has 0 aliphatic carbocycles. The summed E-state index contributed by atoms with van der Waals surface area (Å²) >= 11 is 0. The number of anilines is 1. The fourth-order valence-electron chi connectivity index (χ4n) is 3.51. The van der Waals surface area contributed by atoms with E-state index >= 15 is 0 Å². The first kappa shape index (κ1) is 22.2. The van der Waals surface area contributed by atoms with E-state index in [0.717, 1.165) is 39.3 Å². The fraction of sp³-hybridized carbons (Fsp3) is 0.458. The van der Waals surface area contributed by atoms with E-state index in [9.17, 15) is 4.79 Å². The first-order chi connectivity index (χ1) is 13.6. The lowest BCUT2D eigenvalue weighted by molar-refractivity contribution is 0.105. The Bertz CT molecular complexity index is 1020. The van der Waals surface area contributed by atoms with Crippen LogP contribution in [0.25, 0.3) is 11.1 Å². The molecule has 1 amide bonds. The second-order valence-electron chi connectivity index (χ2n) is 10.2. The molecule has 0 saturated heterocycles. The zero-order valence-corrected chi connectivity index (χ0v) is 20.5. The van der Waals surface area contributed by atoms with Crippen molar-refractivity contribution in [1.82, 2.24) is 0 Å². The summed E-state index contributed by atoms with van der Waals surface area (Å²) in [6.07, 6.45) is -1.07. The van der Waals surface area contributed by atoms with E-state index in [2.05, 4.69) is 52.2 Å². The quantitative estimate of drug-likeness (QED) is 0.514. The predicted octanol–water partition coefficient (Wildman–Crippen LogP) is 7.07. The number of nitrogens with one attached hydrogen (secondary N) is 1. The third-order valence-corrected chi connectivity index (χ3v) is 10.7. The van der Waals surface area contributed by atoms with Crippen LogP contribution < -0.4 is 14.5 Å². The first-order valence-electron chi connectivity index (χ1n) is 10.3. The molecule has 6 heteroatoms. The van der Waals surface area contributed by atoms with Crippen molar-refractivity contribution in [2.75, 3.05) is 5.32 Å². The molecule has 0 saturated carbocycles. The lowest BCUT2D eigenvalue weighted by Gasteiger charge is -2.39. The van der Waals surface area contributed by atoms with E-state index < -0.39 is 20.0 Å². The van der Waals surface area contributed by atoms with Crippen LogP contribution in [0.3, 0.4) is 0 Å². The number of hydrogen-bond donors (Lipinski definition) is 2. The highest BCUT2D eigenvalue weighted by molar-refractivity contribution is 6.74. The van der Waals surface area contributed by atoms with Crippen LogP contribution in [-0.4, -0.2) is 19.5 Å². The number of rotatable bonds is 3. The summed E-state index contributed by atoms with van der Waals surface area (Å²) in [5.41, 5.74) is 4.95.